The Morgan fingerprint density at radius 1 is 1.05 bits per heavy atom. The van der Waals surface area contributed by atoms with Crippen molar-refractivity contribution >= 4 is 5.69 Å². The second kappa shape index (κ2) is 6.25. The largest absolute Gasteiger partial charge is 0.492 e. The molecular formula is C16H20N2O. The van der Waals surface area contributed by atoms with E-state index >= 15 is 0 Å². The van der Waals surface area contributed by atoms with E-state index in [1.165, 1.54) is 0 Å². The number of ether oxygens (including phenoxy) is 1. The first-order chi connectivity index (χ1) is 9.16. The summed E-state index contributed by atoms with van der Waals surface area (Å²) in [5.41, 5.74) is 8.31. The van der Waals surface area contributed by atoms with Gasteiger partial charge in [0.1, 0.15) is 12.4 Å². The van der Waals surface area contributed by atoms with Gasteiger partial charge < -0.3 is 15.4 Å². The van der Waals surface area contributed by atoms with Gasteiger partial charge in [-0.05, 0) is 17.7 Å². The molecule has 0 fully saturated rings. The minimum Gasteiger partial charge on any atom is -0.492 e. The number of nitrogens with zero attached hydrogens (tertiary/aromatic N) is 1. The van der Waals surface area contributed by atoms with Crippen LogP contribution >= 0.6 is 0 Å². The summed E-state index contributed by atoms with van der Waals surface area (Å²) in [5, 5.41) is 0. The number of hydrogen-bond acceptors (Lipinski definition) is 3. The van der Waals surface area contributed by atoms with Gasteiger partial charge in [-0.1, -0.05) is 36.4 Å². The first-order valence-corrected chi connectivity index (χ1v) is 6.37. The van der Waals surface area contributed by atoms with Crippen LogP contribution in [0.2, 0.25) is 0 Å². The topological polar surface area (TPSA) is 38.5 Å². The molecule has 0 radical (unpaired) electrons. The molecule has 0 aliphatic rings. The van der Waals surface area contributed by atoms with E-state index in [0.717, 1.165) is 17.0 Å². The van der Waals surface area contributed by atoms with Crippen LogP contribution in [-0.4, -0.2) is 20.7 Å². The Morgan fingerprint density at radius 3 is 2.47 bits per heavy atom. The van der Waals surface area contributed by atoms with E-state index < -0.39 is 0 Å². The van der Waals surface area contributed by atoms with Crippen molar-refractivity contribution in [2.45, 2.75) is 6.04 Å². The second-order valence-electron chi connectivity index (χ2n) is 4.72. The van der Waals surface area contributed by atoms with Crippen molar-refractivity contribution in [3.8, 4) is 5.75 Å². The van der Waals surface area contributed by atoms with Gasteiger partial charge in [0.05, 0.1) is 6.04 Å². The zero-order chi connectivity index (χ0) is 13.7. The Bertz CT molecular complexity index is 511. The molecule has 1 atom stereocenters. The molecule has 0 aliphatic heterocycles. The molecule has 3 nitrogen and oxygen atoms in total. The van der Waals surface area contributed by atoms with E-state index in [4.69, 9.17) is 10.5 Å². The molecule has 0 amide bonds. The van der Waals surface area contributed by atoms with Crippen LogP contribution in [0.4, 0.5) is 5.69 Å². The molecule has 0 spiro atoms. The van der Waals surface area contributed by atoms with Crippen molar-refractivity contribution in [1.82, 2.24) is 0 Å². The van der Waals surface area contributed by atoms with Gasteiger partial charge in [0.25, 0.3) is 0 Å². The van der Waals surface area contributed by atoms with Gasteiger partial charge in [0.2, 0.25) is 0 Å². The molecule has 0 aliphatic carbocycles. The smallest absolute Gasteiger partial charge is 0.121 e. The summed E-state index contributed by atoms with van der Waals surface area (Å²) in [6, 6.07) is 17.9. The lowest BCUT2D eigenvalue weighted by Crippen LogP contribution is -2.19. The Kier molecular flexibility index (Phi) is 4.42. The summed E-state index contributed by atoms with van der Waals surface area (Å²) in [6.07, 6.45) is 0. The minimum atomic E-state index is -0.107. The second-order valence-corrected chi connectivity index (χ2v) is 4.72. The van der Waals surface area contributed by atoms with Gasteiger partial charge in [-0.2, -0.15) is 0 Å². The van der Waals surface area contributed by atoms with E-state index in [0.29, 0.717) is 6.61 Å². The summed E-state index contributed by atoms with van der Waals surface area (Å²) >= 11 is 0. The molecule has 0 saturated carbocycles. The Balaban J connectivity index is 1.97. The molecule has 1 unspecified atom stereocenters. The number of nitrogens with two attached hydrogens (primary N) is 1. The highest BCUT2D eigenvalue weighted by atomic mass is 16.5. The maximum atomic E-state index is 6.11. The Hall–Kier alpha value is -2.00. The maximum Gasteiger partial charge on any atom is 0.121 e. The molecule has 0 heterocycles. The number of benzene rings is 2. The van der Waals surface area contributed by atoms with Gasteiger partial charge in [-0.3, -0.25) is 0 Å². The van der Waals surface area contributed by atoms with Crippen LogP contribution in [-0.2, 0) is 0 Å². The summed E-state index contributed by atoms with van der Waals surface area (Å²) < 4.78 is 5.76. The zero-order valence-corrected chi connectivity index (χ0v) is 11.4. The SMILES string of the molecule is CN(C)c1cccc(OCC(N)c2ccccc2)c1. The molecule has 19 heavy (non-hydrogen) atoms. The van der Waals surface area contributed by atoms with Crippen molar-refractivity contribution in [2.75, 3.05) is 25.6 Å². The van der Waals surface area contributed by atoms with E-state index in [2.05, 4.69) is 0 Å². The van der Waals surface area contributed by atoms with Crippen LogP contribution in [0.15, 0.2) is 54.6 Å². The third kappa shape index (κ3) is 3.73. The van der Waals surface area contributed by atoms with Crippen molar-refractivity contribution < 1.29 is 4.74 Å². The third-order valence-electron chi connectivity index (χ3n) is 2.99. The molecule has 2 aromatic rings. The molecule has 2 rings (SSSR count). The molecule has 100 valence electrons. The lowest BCUT2D eigenvalue weighted by atomic mass is 10.1. The summed E-state index contributed by atoms with van der Waals surface area (Å²) in [6.45, 7) is 0.473. The van der Waals surface area contributed by atoms with E-state index in [9.17, 15) is 0 Å². The predicted molar refractivity (Wildman–Crippen MR) is 79.6 cm³/mol. The van der Waals surface area contributed by atoms with Crippen molar-refractivity contribution in [3.05, 3.63) is 60.2 Å². The highest BCUT2D eigenvalue weighted by molar-refractivity contribution is 5.49. The third-order valence-corrected chi connectivity index (χ3v) is 2.99. The van der Waals surface area contributed by atoms with Gasteiger partial charge in [0, 0.05) is 25.8 Å². The molecule has 0 aromatic heterocycles. The average Bonchev–Trinajstić information content (AvgIpc) is 2.46. The predicted octanol–water partition coefficient (Wildman–Crippen LogP) is 2.83. The molecule has 0 bridgehead atoms. The molecule has 0 saturated heterocycles. The minimum absolute atomic E-state index is 0.107. The van der Waals surface area contributed by atoms with Gasteiger partial charge >= 0.3 is 0 Å². The Labute approximate surface area is 114 Å². The van der Waals surface area contributed by atoms with Gasteiger partial charge in [-0.15, -0.1) is 0 Å². The van der Waals surface area contributed by atoms with Crippen LogP contribution in [0.3, 0.4) is 0 Å². The molecule has 2 N–H and O–H groups in total. The first-order valence-electron chi connectivity index (χ1n) is 6.37. The number of anilines is 1. The standard InChI is InChI=1S/C16H20N2O/c1-18(2)14-9-6-10-15(11-14)19-12-16(17)13-7-4-3-5-8-13/h3-11,16H,12,17H2,1-2H3. The average molecular weight is 256 g/mol. The van der Waals surface area contributed by atoms with Crippen LogP contribution in [0.25, 0.3) is 0 Å². The molecular weight excluding hydrogens is 236 g/mol. The monoisotopic (exact) mass is 256 g/mol. The van der Waals surface area contributed by atoms with Crippen LogP contribution in [0.5, 0.6) is 5.75 Å². The van der Waals surface area contributed by atoms with Gasteiger partial charge in [-0.25, -0.2) is 0 Å². The first kappa shape index (κ1) is 13.4. The summed E-state index contributed by atoms with van der Waals surface area (Å²) in [7, 11) is 4.02. The summed E-state index contributed by atoms with van der Waals surface area (Å²) in [4.78, 5) is 2.05. The van der Waals surface area contributed by atoms with Crippen molar-refractivity contribution in [1.29, 1.82) is 0 Å². The molecule has 3 heteroatoms. The van der Waals surface area contributed by atoms with Crippen LogP contribution in [0, 0.1) is 0 Å². The quantitative estimate of drug-likeness (QED) is 0.894. The molecule has 2 aromatic carbocycles. The van der Waals surface area contributed by atoms with E-state index in [-0.39, 0.29) is 6.04 Å². The van der Waals surface area contributed by atoms with E-state index in [1.807, 2.05) is 73.6 Å². The number of hydrogen-bond donors (Lipinski definition) is 1. The van der Waals surface area contributed by atoms with E-state index in [1.54, 1.807) is 0 Å². The van der Waals surface area contributed by atoms with Crippen molar-refractivity contribution in [3.63, 3.8) is 0 Å². The number of rotatable bonds is 5. The van der Waals surface area contributed by atoms with Crippen LogP contribution in [0.1, 0.15) is 11.6 Å². The maximum absolute atomic E-state index is 6.11. The lowest BCUT2D eigenvalue weighted by molar-refractivity contribution is 0.291. The fraction of sp³-hybridized carbons (Fsp3) is 0.250. The van der Waals surface area contributed by atoms with Crippen molar-refractivity contribution in [2.24, 2.45) is 5.73 Å². The fourth-order valence-corrected chi connectivity index (χ4v) is 1.83. The normalized spacial score (nSPS) is 11.9. The lowest BCUT2D eigenvalue weighted by Gasteiger charge is -2.16. The van der Waals surface area contributed by atoms with Gasteiger partial charge in [0.15, 0.2) is 0 Å². The highest BCUT2D eigenvalue weighted by Gasteiger charge is 2.06. The Morgan fingerprint density at radius 2 is 1.79 bits per heavy atom. The zero-order valence-electron chi connectivity index (χ0n) is 11.4. The van der Waals surface area contributed by atoms with Crippen LogP contribution < -0.4 is 15.4 Å². The summed E-state index contributed by atoms with van der Waals surface area (Å²) in [5.74, 6) is 0.845. The fourth-order valence-electron chi connectivity index (χ4n) is 1.83. The highest BCUT2D eigenvalue weighted by Crippen LogP contribution is 2.20.